The first-order valence-corrected chi connectivity index (χ1v) is 7.16. The maximum atomic E-state index is 12.6. The summed E-state index contributed by atoms with van der Waals surface area (Å²) >= 11 is 0. The number of nitrogens with one attached hydrogen (secondary N) is 1. The minimum absolute atomic E-state index is 0.0282. The second-order valence-electron chi connectivity index (χ2n) is 6.67. The van der Waals surface area contributed by atoms with Crippen LogP contribution in [0, 0.1) is 17.3 Å². The smallest absolute Gasteiger partial charge is 0.234 e. The minimum atomic E-state index is -0.826. The van der Waals surface area contributed by atoms with Crippen LogP contribution >= 0.6 is 0 Å². The van der Waals surface area contributed by atoms with E-state index in [0.29, 0.717) is 24.7 Å². The molecule has 1 atom stereocenters. The molecule has 116 valence electrons. The number of carbonyl (C=O) groups is 1. The first kappa shape index (κ1) is 16.8. The van der Waals surface area contributed by atoms with E-state index in [4.69, 9.17) is 10.9 Å². The second-order valence-corrected chi connectivity index (χ2v) is 6.67. The van der Waals surface area contributed by atoms with E-state index in [1.807, 2.05) is 19.0 Å². The molecule has 1 aliphatic carbocycles. The highest BCUT2D eigenvalue weighted by Crippen LogP contribution is 2.46. The summed E-state index contributed by atoms with van der Waals surface area (Å²) in [6.45, 7) is 6.99. The highest BCUT2D eigenvalue weighted by molar-refractivity contribution is 6.07. The molecule has 0 aromatic carbocycles. The fraction of sp³-hybridized carbons (Fsp3) is 0.857. The Hall–Kier alpha value is -1.30. The zero-order chi connectivity index (χ0) is 15.5. The van der Waals surface area contributed by atoms with Gasteiger partial charge in [-0.25, -0.2) is 0 Å². The number of likely N-dealkylation sites (N-methyl/N-ethyl adjacent to an activating group) is 1. The van der Waals surface area contributed by atoms with E-state index < -0.39 is 5.41 Å². The average Bonchev–Trinajstić information content (AvgIpc) is 2.31. The number of nitrogens with zero attached hydrogens (tertiary/aromatic N) is 2. The molecule has 1 rings (SSSR count). The van der Waals surface area contributed by atoms with Gasteiger partial charge in [0.2, 0.25) is 5.91 Å². The van der Waals surface area contributed by atoms with E-state index in [-0.39, 0.29) is 17.8 Å². The number of amides is 1. The lowest BCUT2D eigenvalue weighted by Crippen LogP contribution is -2.59. The topological polar surface area (TPSA) is 91.0 Å². The van der Waals surface area contributed by atoms with Crippen LogP contribution in [0.25, 0.3) is 0 Å². The Morgan fingerprint density at radius 2 is 2.05 bits per heavy atom. The zero-order valence-electron chi connectivity index (χ0n) is 13.2. The molecule has 4 N–H and O–H groups in total. The maximum absolute atomic E-state index is 12.6. The molecule has 0 aliphatic heterocycles. The molecule has 0 aromatic rings. The van der Waals surface area contributed by atoms with E-state index in [9.17, 15) is 4.79 Å². The summed E-state index contributed by atoms with van der Waals surface area (Å²) in [5, 5.41) is 15.1. The normalized spacial score (nSPS) is 28.4. The van der Waals surface area contributed by atoms with Crippen molar-refractivity contribution >= 4 is 11.7 Å². The van der Waals surface area contributed by atoms with Gasteiger partial charge in [0.25, 0.3) is 0 Å². The monoisotopic (exact) mass is 284 g/mol. The zero-order valence-corrected chi connectivity index (χ0v) is 13.2. The highest BCUT2D eigenvalue weighted by atomic mass is 16.4. The number of hydrogen-bond donors (Lipinski definition) is 3. The Labute approximate surface area is 121 Å². The molecule has 0 saturated heterocycles. The van der Waals surface area contributed by atoms with Crippen molar-refractivity contribution in [3.8, 4) is 0 Å². The van der Waals surface area contributed by atoms with Crippen LogP contribution in [0.1, 0.15) is 33.6 Å². The van der Waals surface area contributed by atoms with Gasteiger partial charge in [-0.3, -0.25) is 4.79 Å². The Morgan fingerprint density at radius 1 is 1.50 bits per heavy atom. The van der Waals surface area contributed by atoms with Crippen molar-refractivity contribution in [2.45, 2.75) is 39.7 Å². The molecule has 0 bridgehead atoms. The highest BCUT2D eigenvalue weighted by Gasteiger charge is 2.52. The van der Waals surface area contributed by atoms with Crippen LogP contribution in [-0.2, 0) is 4.79 Å². The summed E-state index contributed by atoms with van der Waals surface area (Å²) in [7, 11) is 3.96. The number of carbonyl (C=O) groups excluding carboxylic acids is 1. The fourth-order valence-corrected chi connectivity index (χ4v) is 2.86. The van der Waals surface area contributed by atoms with Crippen LogP contribution in [-0.4, -0.2) is 48.5 Å². The number of nitrogens with two attached hydrogens (primary N) is 1. The third-order valence-electron chi connectivity index (χ3n) is 4.11. The average molecular weight is 284 g/mol. The van der Waals surface area contributed by atoms with Gasteiger partial charge in [0.05, 0.1) is 0 Å². The van der Waals surface area contributed by atoms with E-state index in [1.165, 1.54) is 0 Å². The van der Waals surface area contributed by atoms with Crippen LogP contribution in [0.4, 0.5) is 0 Å². The number of oxime groups is 1. The largest absolute Gasteiger partial charge is 0.409 e. The molecule has 0 radical (unpaired) electrons. The van der Waals surface area contributed by atoms with Gasteiger partial charge in [-0.15, -0.1) is 0 Å². The first-order valence-electron chi connectivity index (χ1n) is 7.16. The van der Waals surface area contributed by atoms with Gasteiger partial charge < -0.3 is 21.2 Å². The van der Waals surface area contributed by atoms with Crippen molar-refractivity contribution in [2.24, 2.45) is 28.1 Å². The predicted octanol–water partition coefficient (Wildman–Crippen LogP) is 0.852. The third kappa shape index (κ3) is 3.42. The van der Waals surface area contributed by atoms with Crippen LogP contribution in [0.2, 0.25) is 0 Å². The summed E-state index contributed by atoms with van der Waals surface area (Å²) in [6.07, 6.45) is 1.28. The first-order chi connectivity index (χ1) is 9.22. The predicted molar refractivity (Wildman–Crippen MR) is 79.6 cm³/mol. The Kier molecular flexibility index (Phi) is 5.39. The van der Waals surface area contributed by atoms with Crippen LogP contribution in [0.3, 0.4) is 0 Å². The van der Waals surface area contributed by atoms with Gasteiger partial charge in [-0.05, 0) is 38.8 Å². The summed E-state index contributed by atoms with van der Waals surface area (Å²) in [5.41, 5.74) is 4.93. The van der Waals surface area contributed by atoms with Crippen molar-refractivity contribution < 1.29 is 10.0 Å². The second kappa shape index (κ2) is 6.43. The van der Waals surface area contributed by atoms with Crippen molar-refractivity contribution in [2.75, 3.05) is 20.6 Å². The van der Waals surface area contributed by atoms with E-state index >= 15 is 0 Å². The van der Waals surface area contributed by atoms with E-state index in [2.05, 4.69) is 31.2 Å². The Morgan fingerprint density at radius 3 is 2.40 bits per heavy atom. The van der Waals surface area contributed by atoms with Gasteiger partial charge in [-0.2, -0.15) is 0 Å². The van der Waals surface area contributed by atoms with Crippen LogP contribution in [0.5, 0.6) is 0 Å². The van der Waals surface area contributed by atoms with Gasteiger partial charge in [0.1, 0.15) is 5.41 Å². The van der Waals surface area contributed by atoms with Gasteiger partial charge in [-0.1, -0.05) is 25.9 Å². The Bertz CT molecular complexity index is 373. The van der Waals surface area contributed by atoms with Crippen LogP contribution in [0.15, 0.2) is 5.16 Å². The van der Waals surface area contributed by atoms with Crippen molar-refractivity contribution in [3.05, 3.63) is 0 Å². The molecule has 1 saturated carbocycles. The molecule has 0 heterocycles. The number of amidine groups is 1. The minimum Gasteiger partial charge on any atom is -0.409 e. The molecule has 1 aliphatic rings. The number of hydrogen-bond acceptors (Lipinski definition) is 4. The summed E-state index contributed by atoms with van der Waals surface area (Å²) < 4.78 is 0. The fourth-order valence-electron chi connectivity index (χ4n) is 2.86. The Balaban J connectivity index is 2.81. The van der Waals surface area contributed by atoms with Crippen molar-refractivity contribution in [3.63, 3.8) is 0 Å². The molecular weight excluding hydrogens is 256 g/mol. The van der Waals surface area contributed by atoms with E-state index in [1.54, 1.807) is 0 Å². The molecule has 20 heavy (non-hydrogen) atoms. The molecule has 1 fully saturated rings. The lowest BCUT2D eigenvalue weighted by Gasteiger charge is -2.44. The van der Waals surface area contributed by atoms with Crippen LogP contribution < -0.4 is 11.1 Å². The molecule has 0 spiro atoms. The molecule has 6 nitrogen and oxygen atoms in total. The summed E-state index contributed by atoms with van der Waals surface area (Å²) in [5.74, 6) is 0.655. The summed E-state index contributed by atoms with van der Waals surface area (Å²) in [4.78, 5) is 14.6. The van der Waals surface area contributed by atoms with E-state index in [0.717, 1.165) is 6.54 Å². The lowest BCUT2D eigenvalue weighted by molar-refractivity contribution is -0.134. The SMILES string of the molecule is CC1CC(C(=O)NC(CN(C)C)C(C)C)(C(N)=NO)C1. The summed E-state index contributed by atoms with van der Waals surface area (Å²) in [6, 6.07) is 0.0526. The third-order valence-corrected chi connectivity index (χ3v) is 4.11. The van der Waals surface area contributed by atoms with Crippen molar-refractivity contribution in [1.29, 1.82) is 0 Å². The standard InChI is InChI=1S/C14H28N4O2/c1-9(2)11(8-18(4)5)16-13(19)14(12(15)17-20)6-10(3)7-14/h9-11,20H,6-8H2,1-5H3,(H2,15,17)(H,16,19). The molecule has 0 aromatic heterocycles. The van der Waals surface area contributed by atoms with Crippen molar-refractivity contribution in [1.82, 2.24) is 10.2 Å². The quantitative estimate of drug-likeness (QED) is 0.292. The molecule has 6 heteroatoms. The maximum Gasteiger partial charge on any atom is 0.234 e. The molecular formula is C14H28N4O2. The van der Waals surface area contributed by atoms with Gasteiger partial charge in [0, 0.05) is 12.6 Å². The van der Waals surface area contributed by atoms with Gasteiger partial charge in [0.15, 0.2) is 5.84 Å². The molecule has 1 unspecified atom stereocenters. The number of rotatable bonds is 6. The lowest BCUT2D eigenvalue weighted by atomic mass is 9.61. The van der Waals surface area contributed by atoms with Gasteiger partial charge >= 0.3 is 0 Å². The molecule has 1 amide bonds.